The Morgan fingerprint density at radius 1 is 1.38 bits per heavy atom. The van der Waals surface area contributed by atoms with Crippen LogP contribution in [0, 0.1) is 0 Å². The smallest absolute Gasteiger partial charge is 0.213 e. The first-order valence-electron chi connectivity index (χ1n) is 5.28. The van der Waals surface area contributed by atoms with Crippen molar-refractivity contribution in [3.05, 3.63) is 22.8 Å². The highest BCUT2D eigenvalue weighted by Crippen LogP contribution is 2.27. The second-order valence-corrected chi connectivity index (χ2v) is 4.66. The number of aromatic nitrogens is 1. The first kappa shape index (κ1) is 11.8. The van der Waals surface area contributed by atoms with Crippen LogP contribution in [0.15, 0.2) is 22.8 Å². The molecule has 0 aromatic carbocycles. The van der Waals surface area contributed by atoms with Gasteiger partial charge in [-0.1, -0.05) is 0 Å². The highest BCUT2D eigenvalue weighted by molar-refractivity contribution is 9.10. The highest BCUT2D eigenvalue weighted by Gasteiger charge is 2.31. The molecule has 0 unspecified atom stereocenters. The number of pyridine rings is 1. The van der Waals surface area contributed by atoms with Crippen LogP contribution in [0.25, 0.3) is 0 Å². The number of halogens is 1. The molecule has 1 N–H and O–H groups in total. The average Bonchev–Trinajstić information content (AvgIpc) is 2.24. The Hall–Kier alpha value is -0.650. The molecule has 16 heavy (non-hydrogen) atoms. The van der Waals surface area contributed by atoms with Crippen molar-refractivity contribution >= 4 is 15.9 Å². The third-order valence-corrected chi connectivity index (χ3v) is 2.95. The van der Waals surface area contributed by atoms with Gasteiger partial charge in [0.05, 0.1) is 19.3 Å². The van der Waals surface area contributed by atoms with Gasteiger partial charge < -0.3 is 14.6 Å². The van der Waals surface area contributed by atoms with Crippen molar-refractivity contribution in [2.45, 2.75) is 25.0 Å². The summed E-state index contributed by atoms with van der Waals surface area (Å²) in [7, 11) is 0. The molecule has 1 aliphatic carbocycles. The van der Waals surface area contributed by atoms with E-state index in [4.69, 9.17) is 14.6 Å². The second-order valence-electron chi connectivity index (χ2n) is 3.74. The summed E-state index contributed by atoms with van der Waals surface area (Å²) in [6.45, 7) is 0.490. The summed E-state index contributed by atoms with van der Waals surface area (Å²) in [5.41, 5.74) is 0. The molecule has 0 atom stereocenters. The van der Waals surface area contributed by atoms with Gasteiger partial charge in [-0.3, -0.25) is 0 Å². The number of hydrogen-bond donors (Lipinski definition) is 1. The highest BCUT2D eigenvalue weighted by atomic mass is 79.9. The van der Waals surface area contributed by atoms with Gasteiger partial charge in [0.1, 0.15) is 6.10 Å². The lowest BCUT2D eigenvalue weighted by Gasteiger charge is -2.34. The fraction of sp³-hybridized carbons (Fsp3) is 0.545. The normalized spacial score (nSPS) is 23.9. The minimum absolute atomic E-state index is 0.0797. The molecule has 1 aromatic rings. The zero-order valence-electron chi connectivity index (χ0n) is 8.80. The Morgan fingerprint density at radius 2 is 2.19 bits per heavy atom. The fourth-order valence-corrected chi connectivity index (χ4v) is 1.81. The van der Waals surface area contributed by atoms with E-state index in [0.29, 0.717) is 12.5 Å². The summed E-state index contributed by atoms with van der Waals surface area (Å²) in [6.07, 6.45) is 3.88. The molecule has 0 aliphatic heterocycles. The number of nitrogens with zero attached hydrogens (tertiary/aromatic N) is 1. The standard InChI is InChI=1S/C11H14BrNO3/c12-8-1-2-11(13-7-8)16-10-5-9(6-10)15-4-3-14/h1-2,7,9-10,14H,3-6H2/t9-,10-. The van der Waals surface area contributed by atoms with Crippen molar-refractivity contribution in [3.63, 3.8) is 0 Å². The van der Waals surface area contributed by atoms with Crippen molar-refractivity contribution in [1.29, 1.82) is 0 Å². The van der Waals surface area contributed by atoms with Crippen LogP contribution in [0.4, 0.5) is 0 Å². The van der Waals surface area contributed by atoms with Gasteiger partial charge in [-0.2, -0.15) is 0 Å². The van der Waals surface area contributed by atoms with E-state index in [0.717, 1.165) is 17.3 Å². The van der Waals surface area contributed by atoms with Gasteiger partial charge in [-0.15, -0.1) is 0 Å². The Kier molecular flexibility index (Phi) is 4.15. The maximum absolute atomic E-state index is 8.59. The molecule has 1 fully saturated rings. The van der Waals surface area contributed by atoms with Crippen LogP contribution in [0.1, 0.15) is 12.8 Å². The summed E-state index contributed by atoms with van der Waals surface area (Å²) in [5.74, 6) is 0.647. The van der Waals surface area contributed by atoms with E-state index >= 15 is 0 Å². The molecular weight excluding hydrogens is 274 g/mol. The van der Waals surface area contributed by atoms with Crippen molar-refractivity contribution in [1.82, 2.24) is 4.98 Å². The van der Waals surface area contributed by atoms with Gasteiger partial charge in [0.15, 0.2) is 0 Å². The molecule has 2 rings (SSSR count). The van der Waals surface area contributed by atoms with E-state index in [2.05, 4.69) is 20.9 Å². The van der Waals surface area contributed by atoms with E-state index in [9.17, 15) is 0 Å². The molecule has 5 heteroatoms. The van der Waals surface area contributed by atoms with Gasteiger partial charge >= 0.3 is 0 Å². The van der Waals surface area contributed by atoms with E-state index in [1.165, 1.54) is 0 Å². The van der Waals surface area contributed by atoms with Gasteiger partial charge in [0, 0.05) is 29.6 Å². The molecule has 0 amide bonds. The molecule has 1 aromatic heterocycles. The molecule has 0 saturated heterocycles. The first-order chi connectivity index (χ1) is 7.78. The predicted octanol–water partition coefficient (Wildman–Crippen LogP) is 1.76. The molecule has 0 radical (unpaired) electrons. The van der Waals surface area contributed by atoms with E-state index < -0.39 is 0 Å². The van der Waals surface area contributed by atoms with Crippen molar-refractivity contribution in [3.8, 4) is 5.88 Å². The van der Waals surface area contributed by atoms with Gasteiger partial charge in [0.2, 0.25) is 5.88 Å². The molecule has 0 spiro atoms. The van der Waals surface area contributed by atoms with Crippen molar-refractivity contribution in [2.24, 2.45) is 0 Å². The number of aliphatic hydroxyl groups is 1. The van der Waals surface area contributed by atoms with E-state index in [-0.39, 0.29) is 18.8 Å². The lowest BCUT2D eigenvalue weighted by atomic mass is 9.92. The van der Waals surface area contributed by atoms with Crippen molar-refractivity contribution < 1.29 is 14.6 Å². The number of ether oxygens (including phenoxy) is 2. The number of rotatable bonds is 5. The molecule has 1 aliphatic rings. The maximum atomic E-state index is 8.59. The lowest BCUT2D eigenvalue weighted by Crippen LogP contribution is -2.40. The van der Waals surface area contributed by atoms with Gasteiger partial charge in [0.25, 0.3) is 0 Å². The fourth-order valence-electron chi connectivity index (χ4n) is 1.57. The van der Waals surface area contributed by atoms with Crippen LogP contribution in [0.5, 0.6) is 5.88 Å². The molecule has 4 nitrogen and oxygen atoms in total. The third kappa shape index (κ3) is 3.17. The Labute approximate surface area is 103 Å². The predicted molar refractivity (Wildman–Crippen MR) is 62.4 cm³/mol. The molecule has 0 bridgehead atoms. The van der Waals surface area contributed by atoms with Crippen LogP contribution in [0.2, 0.25) is 0 Å². The topological polar surface area (TPSA) is 51.6 Å². The minimum atomic E-state index is 0.0797. The monoisotopic (exact) mass is 287 g/mol. The summed E-state index contributed by atoms with van der Waals surface area (Å²) in [4.78, 5) is 4.14. The SMILES string of the molecule is OCCO[C@H]1C[C@H](Oc2ccc(Br)cn2)C1. The molecule has 1 saturated carbocycles. The summed E-state index contributed by atoms with van der Waals surface area (Å²) in [6, 6.07) is 3.74. The third-order valence-electron chi connectivity index (χ3n) is 2.48. The zero-order chi connectivity index (χ0) is 11.4. The van der Waals surface area contributed by atoms with Crippen LogP contribution in [0.3, 0.4) is 0 Å². The van der Waals surface area contributed by atoms with Crippen LogP contribution in [-0.4, -0.2) is 35.5 Å². The van der Waals surface area contributed by atoms with E-state index in [1.54, 1.807) is 6.20 Å². The average molecular weight is 288 g/mol. The summed E-state index contributed by atoms with van der Waals surface area (Å²) in [5, 5.41) is 8.59. The Bertz CT molecular complexity index is 325. The summed E-state index contributed by atoms with van der Waals surface area (Å²) < 4.78 is 11.9. The zero-order valence-corrected chi connectivity index (χ0v) is 10.4. The number of aliphatic hydroxyl groups excluding tert-OH is 1. The largest absolute Gasteiger partial charge is 0.474 e. The van der Waals surface area contributed by atoms with Gasteiger partial charge in [-0.05, 0) is 22.0 Å². The van der Waals surface area contributed by atoms with Crippen LogP contribution < -0.4 is 4.74 Å². The Morgan fingerprint density at radius 3 is 2.81 bits per heavy atom. The van der Waals surface area contributed by atoms with E-state index in [1.807, 2.05) is 12.1 Å². The van der Waals surface area contributed by atoms with Crippen LogP contribution in [-0.2, 0) is 4.74 Å². The molecular formula is C11H14BrNO3. The van der Waals surface area contributed by atoms with Gasteiger partial charge in [-0.25, -0.2) is 4.98 Å². The lowest BCUT2D eigenvalue weighted by molar-refractivity contribution is -0.0699. The van der Waals surface area contributed by atoms with Crippen molar-refractivity contribution in [2.75, 3.05) is 13.2 Å². The maximum Gasteiger partial charge on any atom is 0.213 e. The minimum Gasteiger partial charge on any atom is -0.474 e. The number of hydrogen-bond acceptors (Lipinski definition) is 4. The first-order valence-corrected chi connectivity index (χ1v) is 6.08. The Balaban J connectivity index is 1.71. The van der Waals surface area contributed by atoms with Crippen LogP contribution >= 0.6 is 15.9 Å². The summed E-state index contributed by atoms with van der Waals surface area (Å²) >= 11 is 3.32. The quantitative estimate of drug-likeness (QED) is 0.897. The molecule has 88 valence electrons. The molecule has 1 heterocycles. The second kappa shape index (κ2) is 5.61.